The van der Waals surface area contributed by atoms with Gasteiger partial charge in [0, 0.05) is 32.3 Å². The fourth-order valence-electron chi connectivity index (χ4n) is 1.80. The van der Waals surface area contributed by atoms with E-state index >= 15 is 0 Å². The van der Waals surface area contributed by atoms with Gasteiger partial charge >= 0.3 is 0 Å². The Labute approximate surface area is 125 Å². The van der Waals surface area contributed by atoms with E-state index in [0.29, 0.717) is 6.61 Å². The van der Waals surface area contributed by atoms with Crippen LogP contribution in [-0.2, 0) is 9.47 Å². The van der Waals surface area contributed by atoms with Crippen LogP contribution >= 0.6 is 0 Å². The van der Waals surface area contributed by atoms with Gasteiger partial charge in [0.2, 0.25) is 0 Å². The largest absolute Gasteiger partial charge is 0.383 e. The molecule has 0 fully saturated rings. The third-order valence-electron chi connectivity index (χ3n) is 3.70. The maximum atomic E-state index is 6.01. The first kappa shape index (κ1) is 19.8. The number of nitrogens with zero attached hydrogens (tertiary/aromatic N) is 1. The number of hydrazine groups is 1. The van der Waals surface area contributed by atoms with Crippen molar-refractivity contribution in [2.45, 2.75) is 58.6 Å². The zero-order valence-corrected chi connectivity index (χ0v) is 14.3. The summed E-state index contributed by atoms with van der Waals surface area (Å²) in [6.07, 6.45) is 1.91. The van der Waals surface area contributed by atoms with Gasteiger partial charge in [-0.25, -0.2) is 0 Å². The number of methoxy groups -OCH3 is 1. The predicted octanol–water partition coefficient (Wildman–Crippen LogP) is 1.77. The number of hydrogen-bond donors (Lipinski definition) is 2. The van der Waals surface area contributed by atoms with Gasteiger partial charge in [0.25, 0.3) is 0 Å². The van der Waals surface area contributed by atoms with Gasteiger partial charge in [0.1, 0.15) is 0 Å². The highest BCUT2D eigenvalue weighted by molar-refractivity contribution is 4.76. The molecule has 5 nitrogen and oxygen atoms in total. The molecule has 0 spiro atoms. The summed E-state index contributed by atoms with van der Waals surface area (Å²) < 4.78 is 11.1. The summed E-state index contributed by atoms with van der Waals surface area (Å²) in [5.41, 5.74) is 2.62. The normalized spacial score (nSPS) is 13.2. The molecule has 20 heavy (non-hydrogen) atoms. The maximum Gasteiger partial charge on any atom is 0.0638 e. The van der Waals surface area contributed by atoms with Crippen molar-refractivity contribution in [3.63, 3.8) is 0 Å². The lowest BCUT2D eigenvalue weighted by Crippen LogP contribution is -2.45. The Morgan fingerprint density at radius 3 is 2.20 bits per heavy atom. The topological polar surface area (TPSA) is 59.8 Å². The Morgan fingerprint density at radius 2 is 1.70 bits per heavy atom. The van der Waals surface area contributed by atoms with Gasteiger partial charge in [-0.3, -0.25) is 11.3 Å². The summed E-state index contributed by atoms with van der Waals surface area (Å²) in [6, 6.07) is 0. The number of rotatable bonds is 12. The molecule has 0 rings (SSSR count). The number of nitrogens with two attached hydrogens (primary N) is 1. The molecule has 0 saturated carbocycles. The second-order valence-corrected chi connectivity index (χ2v) is 6.56. The molecule has 0 heterocycles. The molecule has 0 bridgehead atoms. The van der Waals surface area contributed by atoms with Crippen LogP contribution in [0, 0.1) is 0 Å². The first-order valence-corrected chi connectivity index (χ1v) is 7.59. The van der Waals surface area contributed by atoms with E-state index in [-0.39, 0.29) is 11.1 Å². The minimum Gasteiger partial charge on any atom is -0.383 e. The standard InChI is InChI=1S/C15H35N3O2/c1-7-18(11-13-19-6)10-8-15(4,5)20-12-9-14(2,3)17-16/h17H,7-13,16H2,1-6H3. The van der Waals surface area contributed by atoms with Crippen LogP contribution in [0.5, 0.6) is 0 Å². The Bertz CT molecular complexity index is 245. The highest BCUT2D eigenvalue weighted by Crippen LogP contribution is 2.17. The number of likely N-dealkylation sites (N-methyl/N-ethyl adjacent to an activating group) is 1. The molecular weight excluding hydrogens is 254 g/mol. The fourth-order valence-corrected chi connectivity index (χ4v) is 1.80. The second-order valence-electron chi connectivity index (χ2n) is 6.56. The van der Waals surface area contributed by atoms with Crippen LogP contribution in [0.4, 0.5) is 0 Å². The van der Waals surface area contributed by atoms with Crippen molar-refractivity contribution in [2.24, 2.45) is 5.84 Å². The fraction of sp³-hybridized carbons (Fsp3) is 1.00. The smallest absolute Gasteiger partial charge is 0.0638 e. The van der Waals surface area contributed by atoms with Gasteiger partial charge in [-0.05, 0) is 47.1 Å². The van der Waals surface area contributed by atoms with Gasteiger partial charge in [-0.2, -0.15) is 0 Å². The van der Waals surface area contributed by atoms with Gasteiger partial charge in [0.05, 0.1) is 12.2 Å². The lowest BCUT2D eigenvalue weighted by atomic mass is 10.0. The van der Waals surface area contributed by atoms with Crippen molar-refractivity contribution in [3.05, 3.63) is 0 Å². The molecule has 0 amide bonds. The molecule has 0 aromatic carbocycles. The Balaban J connectivity index is 3.98. The van der Waals surface area contributed by atoms with Crippen LogP contribution < -0.4 is 11.3 Å². The minimum atomic E-state index is -0.106. The van der Waals surface area contributed by atoms with Crippen LogP contribution in [0.25, 0.3) is 0 Å². The van der Waals surface area contributed by atoms with Crippen molar-refractivity contribution < 1.29 is 9.47 Å². The zero-order valence-electron chi connectivity index (χ0n) is 14.3. The van der Waals surface area contributed by atoms with E-state index in [4.69, 9.17) is 15.3 Å². The average Bonchev–Trinajstić information content (AvgIpc) is 2.38. The first-order chi connectivity index (χ1) is 9.26. The molecule has 0 unspecified atom stereocenters. The van der Waals surface area contributed by atoms with Crippen molar-refractivity contribution >= 4 is 0 Å². The average molecular weight is 289 g/mol. The zero-order chi connectivity index (χ0) is 15.6. The summed E-state index contributed by atoms with van der Waals surface area (Å²) in [7, 11) is 1.74. The van der Waals surface area contributed by atoms with Crippen LogP contribution in [0.2, 0.25) is 0 Å². The first-order valence-electron chi connectivity index (χ1n) is 7.59. The molecule has 3 N–H and O–H groups in total. The van der Waals surface area contributed by atoms with Gasteiger partial charge in [-0.15, -0.1) is 0 Å². The quantitative estimate of drug-likeness (QED) is 0.423. The van der Waals surface area contributed by atoms with E-state index < -0.39 is 0 Å². The van der Waals surface area contributed by atoms with E-state index in [1.165, 1.54) is 0 Å². The molecule has 0 atom stereocenters. The van der Waals surface area contributed by atoms with Crippen molar-refractivity contribution in [1.29, 1.82) is 0 Å². The lowest BCUT2D eigenvalue weighted by molar-refractivity contribution is -0.0364. The molecule has 122 valence electrons. The number of ether oxygens (including phenoxy) is 2. The van der Waals surface area contributed by atoms with Crippen LogP contribution in [-0.4, -0.2) is 56.0 Å². The van der Waals surface area contributed by atoms with Crippen molar-refractivity contribution in [1.82, 2.24) is 10.3 Å². The highest BCUT2D eigenvalue weighted by Gasteiger charge is 2.22. The Morgan fingerprint density at radius 1 is 1.05 bits per heavy atom. The number of nitrogens with one attached hydrogen (secondary N) is 1. The summed E-state index contributed by atoms with van der Waals surface area (Å²) in [5, 5.41) is 0. The van der Waals surface area contributed by atoms with E-state index in [1.54, 1.807) is 7.11 Å². The van der Waals surface area contributed by atoms with Gasteiger partial charge in [0.15, 0.2) is 0 Å². The molecule has 0 radical (unpaired) electrons. The molecular formula is C15H35N3O2. The Hall–Kier alpha value is -0.200. The second kappa shape index (κ2) is 9.68. The molecule has 0 aliphatic carbocycles. The van der Waals surface area contributed by atoms with E-state index in [1.807, 2.05) is 0 Å². The summed E-state index contributed by atoms with van der Waals surface area (Å²) >= 11 is 0. The van der Waals surface area contributed by atoms with E-state index in [9.17, 15) is 0 Å². The van der Waals surface area contributed by atoms with Crippen LogP contribution in [0.3, 0.4) is 0 Å². The van der Waals surface area contributed by atoms with Crippen LogP contribution in [0.1, 0.15) is 47.5 Å². The maximum absolute atomic E-state index is 6.01. The van der Waals surface area contributed by atoms with Crippen molar-refractivity contribution in [3.8, 4) is 0 Å². The monoisotopic (exact) mass is 289 g/mol. The van der Waals surface area contributed by atoms with Crippen molar-refractivity contribution in [2.75, 3.05) is 40.0 Å². The molecule has 0 aliphatic rings. The third-order valence-corrected chi connectivity index (χ3v) is 3.70. The third kappa shape index (κ3) is 9.66. The Kier molecular flexibility index (Phi) is 9.59. The van der Waals surface area contributed by atoms with Crippen LogP contribution in [0.15, 0.2) is 0 Å². The lowest BCUT2D eigenvalue weighted by Gasteiger charge is -2.31. The highest BCUT2D eigenvalue weighted by atomic mass is 16.5. The van der Waals surface area contributed by atoms with Gasteiger partial charge < -0.3 is 14.4 Å². The molecule has 0 aliphatic heterocycles. The predicted molar refractivity (Wildman–Crippen MR) is 84.7 cm³/mol. The SMILES string of the molecule is CCN(CCOC)CCC(C)(C)OCCC(C)(C)NN. The molecule has 5 heteroatoms. The summed E-state index contributed by atoms with van der Waals surface area (Å²) in [6.45, 7) is 15.2. The number of hydrogen-bond acceptors (Lipinski definition) is 5. The summed E-state index contributed by atoms with van der Waals surface area (Å²) in [4.78, 5) is 2.39. The van der Waals surface area contributed by atoms with E-state index in [0.717, 1.165) is 39.1 Å². The van der Waals surface area contributed by atoms with Gasteiger partial charge in [-0.1, -0.05) is 6.92 Å². The molecule has 0 aromatic heterocycles. The minimum absolute atomic E-state index is 0.0794. The van der Waals surface area contributed by atoms with E-state index in [2.05, 4.69) is 44.9 Å². The summed E-state index contributed by atoms with van der Waals surface area (Å²) in [5.74, 6) is 5.49. The molecule has 0 saturated heterocycles. The molecule has 0 aromatic rings.